The second-order valence-electron chi connectivity index (χ2n) is 4.10. The lowest BCUT2D eigenvalue weighted by Gasteiger charge is -2.07. The molecule has 0 radical (unpaired) electrons. The van der Waals surface area contributed by atoms with Crippen molar-refractivity contribution >= 4 is 27.3 Å². The Labute approximate surface area is 119 Å². The Morgan fingerprint density at radius 1 is 1.37 bits per heavy atom. The number of pyridine rings is 1. The summed E-state index contributed by atoms with van der Waals surface area (Å²) < 4.78 is 0.768. The first kappa shape index (κ1) is 13.5. The van der Waals surface area contributed by atoms with Gasteiger partial charge in [-0.25, -0.2) is 4.98 Å². The second kappa shape index (κ2) is 5.79. The number of hydrogen-bond acceptors (Lipinski definition) is 4. The highest BCUT2D eigenvalue weighted by Crippen LogP contribution is 2.20. The van der Waals surface area contributed by atoms with Crippen molar-refractivity contribution in [3.05, 3.63) is 62.4 Å². The normalized spacial score (nSPS) is 10.2. The first-order valence-electron chi connectivity index (χ1n) is 5.65. The van der Waals surface area contributed by atoms with E-state index in [1.165, 1.54) is 0 Å². The van der Waals surface area contributed by atoms with Crippen molar-refractivity contribution < 1.29 is 4.92 Å². The number of benzene rings is 1. The van der Waals surface area contributed by atoms with Crippen LogP contribution >= 0.6 is 15.9 Å². The lowest BCUT2D eigenvalue weighted by Crippen LogP contribution is -2.01. The van der Waals surface area contributed by atoms with E-state index in [4.69, 9.17) is 0 Å². The molecule has 98 valence electrons. The van der Waals surface area contributed by atoms with Crippen LogP contribution < -0.4 is 5.32 Å². The summed E-state index contributed by atoms with van der Waals surface area (Å²) in [5, 5.41) is 14.0. The third kappa shape index (κ3) is 3.51. The van der Waals surface area contributed by atoms with Crippen molar-refractivity contribution in [1.82, 2.24) is 4.98 Å². The summed E-state index contributed by atoms with van der Waals surface area (Å²) in [6, 6.07) is 8.95. The van der Waals surface area contributed by atoms with Gasteiger partial charge in [0, 0.05) is 18.2 Å². The van der Waals surface area contributed by atoms with Gasteiger partial charge in [-0.3, -0.25) is 10.1 Å². The molecule has 1 aromatic carbocycles. The molecule has 0 bridgehead atoms. The van der Waals surface area contributed by atoms with Crippen LogP contribution in [0.4, 0.5) is 11.4 Å². The summed E-state index contributed by atoms with van der Waals surface area (Å²) in [6.07, 6.45) is 1.70. The number of nitrogens with zero attached hydrogens (tertiary/aromatic N) is 2. The molecule has 0 unspecified atom stereocenters. The minimum Gasteiger partial charge on any atom is -0.380 e. The van der Waals surface area contributed by atoms with Gasteiger partial charge in [0.05, 0.1) is 16.8 Å². The van der Waals surface area contributed by atoms with Gasteiger partial charge in [-0.15, -0.1) is 0 Å². The molecule has 0 saturated heterocycles. The lowest BCUT2D eigenvalue weighted by molar-refractivity contribution is -0.385. The number of nitro groups is 1. The molecule has 19 heavy (non-hydrogen) atoms. The molecule has 0 aliphatic carbocycles. The zero-order valence-electron chi connectivity index (χ0n) is 10.3. The van der Waals surface area contributed by atoms with Crippen LogP contribution in [0.5, 0.6) is 0 Å². The summed E-state index contributed by atoms with van der Waals surface area (Å²) in [7, 11) is 0. The summed E-state index contributed by atoms with van der Waals surface area (Å²) >= 11 is 3.26. The van der Waals surface area contributed by atoms with E-state index in [1.807, 2.05) is 18.2 Å². The number of halogens is 1. The third-order valence-corrected chi connectivity index (χ3v) is 3.16. The number of anilines is 1. The van der Waals surface area contributed by atoms with Crippen molar-refractivity contribution in [3.8, 4) is 0 Å². The fourth-order valence-electron chi connectivity index (χ4n) is 1.65. The maximum absolute atomic E-state index is 10.9. The Morgan fingerprint density at radius 2 is 2.16 bits per heavy atom. The highest BCUT2D eigenvalue weighted by atomic mass is 79.9. The van der Waals surface area contributed by atoms with Gasteiger partial charge in [-0.05, 0) is 40.5 Å². The van der Waals surface area contributed by atoms with Crippen molar-refractivity contribution in [2.45, 2.75) is 13.5 Å². The molecule has 0 atom stereocenters. The largest absolute Gasteiger partial charge is 0.380 e. The Balaban J connectivity index is 2.09. The number of hydrogen-bond donors (Lipinski definition) is 1. The summed E-state index contributed by atoms with van der Waals surface area (Å²) in [4.78, 5) is 14.6. The predicted molar refractivity (Wildman–Crippen MR) is 77.1 cm³/mol. The molecular weight excluding hydrogens is 310 g/mol. The first-order valence-corrected chi connectivity index (χ1v) is 6.45. The summed E-state index contributed by atoms with van der Waals surface area (Å²) in [5.41, 5.74) is 2.54. The van der Waals surface area contributed by atoms with E-state index in [0.717, 1.165) is 15.9 Å². The molecule has 1 heterocycles. The van der Waals surface area contributed by atoms with E-state index >= 15 is 0 Å². The maximum atomic E-state index is 10.9. The van der Waals surface area contributed by atoms with Crippen LogP contribution in [0, 0.1) is 17.0 Å². The Bertz CT molecular complexity index is 599. The molecule has 0 fully saturated rings. The second-order valence-corrected chi connectivity index (χ2v) is 4.91. The number of rotatable bonds is 4. The van der Waals surface area contributed by atoms with Crippen molar-refractivity contribution in [2.24, 2.45) is 0 Å². The fraction of sp³-hybridized carbons (Fsp3) is 0.154. The molecule has 0 aliphatic rings. The monoisotopic (exact) mass is 321 g/mol. The van der Waals surface area contributed by atoms with Crippen molar-refractivity contribution in [3.63, 3.8) is 0 Å². The molecule has 0 saturated carbocycles. The molecule has 0 amide bonds. The molecule has 5 nitrogen and oxygen atoms in total. The van der Waals surface area contributed by atoms with Gasteiger partial charge in [0.25, 0.3) is 5.69 Å². The number of nitrogens with one attached hydrogen (secondary N) is 1. The maximum Gasteiger partial charge on any atom is 0.272 e. The van der Waals surface area contributed by atoms with Crippen LogP contribution in [-0.2, 0) is 6.54 Å². The van der Waals surface area contributed by atoms with E-state index in [0.29, 0.717) is 12.1 Å². The van der Waals surface area contributed by atoms with Crippen LogP contribution in [0.3, 0.4) is 0 Å². The van der Waals surface area contributed by atoms with Crippen LogP contribution in [0.15, 0.2) is 41.1 Å². The average Bonchev–Trinajstić information content (AvgIpc) is 2.39. The van der Waals surface area contributed by atoms with E-state index in [9.17, 15) is 10.1 Å². The molecule has 0 aliphatic heterocycles. The quantitative estimate of drug-likeness (QED) is 0.530. The number of aryl methyl sites for hydroxylation is 1. The zero-order valence-corrected chi connectivity index (χ0v) is 11.8. The van der Waals surface area contributed by atoms with Crippen molar-refractivity contribution in [2.75, 3.05) is 5.32 Å². The van der Waals surface area contributed by atoms with Gasteiger partial charge in [-0.2, -0.15) is 0 Å². The van der Waals surface area contributed by atoms with E-state index in [2.05, 4.69) is 26.2 Å². The Hall–Kier alpha value is -1.95. The van der Waals surface area contributed by atoms with Gasteiger partial charge >= 0.3 is 0 Å². The van der Waals surface area contributed by atoms with Gasteiger partial charge in [-0.1, -0.05) is 12.1 Å². The third-order valence-electron chi connectivity index (χ3n) is 2.69. The Morgan fingerprint density at radius 3 is 2.79 bits per heavy atom. The van der Waals surface area contributed by atoms with Crippen LogP contribution in [0.25, 0.3) is 0 Å². The van der Waals surface area contributed by atoms with Crippen LogP contribution in [-0.4, -0.2) is 9.91 Å². The smallest absolute Gasteiger partial charge is 0.272 e. The molecule has 1 N–H and O–H groups in total. The number of aromatic nitrogens is 1. The topological polar surface area (TPSA) is 68.1 Å². The van der Waals surface area contributed by atoms with Crippen molar-refractivity contribution in [1.29, 1.82) is 0 Å². The molecule has 2 rings (SSSR count). The van der Waals surface area contributed by atoms with E-state index in [1.54, 1.807) is 25.3 Å². The summed E-state index contributed by atoms with van der Waals surface area (Å²) in [6.45, 7) is 2.25. The van der Waals surface area contributed by atoms with Crippen LogP contribution in [0.2, 0.25) is 0 Å². The first-order chi connectivity index (χ1) is 9.06. The fourth-order valence-corrected chi connectivity index (χ4v) is 1.88. The van der Waals surface area contributed by atoms with Gasteiger partial charge in [0.2, 0.25) is 0 Å². The summed E-state index contributed by atoms with van der Waals surface area (Å²) in [5.74, 6) is 0. The van der Waals surface area contributed by atoms with Gasteiger partial charge in [0.15, 0.2) is 0 Å². The van der Waals surface area contributed by atoms with E-state index < -0.39 is 0 Å². The average molecular weight is 322 g/mol. The predicted octanol–water partition coefficient (Wildman–Crippen LogP) is 3.67. The zero-order chi connectivity index (χ0) is 13.8. The Kier molecular flexibility index (Phi) is 4.11. The minimum absolute atomic E-state index is 0.147. The molecule has 6 heteroatoms. The van der Waals surface area contributed by atoms with E-state index in [-0.39, 0.29) is 10.6 Å². The minimum atomic E-state index is -0.361. The highest BCUT2D eigenvalue weighted by Gasteiger charge is 2.10. The van der Waals surface area contributed by atoms with Gasteiger partial charge < -0.3 is 5.32 Å². The number of nitro benzene ring substituents is 1. The molecule has 1 aromatic heterocycles. The standard InChI is InChI=1S/C13H12BrN3O2/c1-9-2-3-10(6-12(9)17(18)19)7-15-11-4-5-13(14)16-8-11/h2-6,8,15H,7H2,1H3. The molecular formula is C13H12BrN3O2. The highest BCUT2D eigenvalue weighted by molar-refractivity contribution is 9.10. The van der Waals surface area contributed by atoms with Crippen LogP contribution in [0.1, 0.15) is 11.1 Å². The lowest BCUT2D eigenvalue weighted by atomic mass is 10.1. The van der Waals surface area contributed by atoms with Gasteiger partial charge in [0.1, 0.15) is 4.60 Å². The SMILES string of the molecule is Cc1ccc(CNc2ccc(Br)nc2)cc1[N+](=O)[O-]. The molecule has 2 aromatic rings. The molecule has 0 spiro atoms.